The van der Waals surface area contributed by atoms with E-state index in [1.54, 1.807) is 0 Å². The fourth-order valence-electron chi connectivity index (χ4n) is 3.60. The summed E-state index contributed by atoms with van der Waals surface area (Å²) < 4.78 is 0. The number of rotatable bonds is 2. The fourth-order valence-corrected chi connectivity index (χ4v) is 3.60. The summed E-state index contributed by atoms with van der Waals surface area (Å²) in [6.07, 6.45) is 8.29. The lowest BCUT2D eigenvalue weighted by Crippen LogP contribution is -2.36. The predicted octanol–water partition coefficient (Wildman–Crippen LogP) is 3.41. The smallest absolute Gasteiger partial charge is 0.223 e. The van der Waals surface area contributed by atoms with Crippen LogP contribution in [0, 0.1) is 5.92 Å². The van der Waals surface area contributed by atoms with Gasteiger partial charge in [0.1, 0.15) is 0 Å². The van der Waals surface area contributed by atoms with E-state index in [0.29, 0.717) is 18.2 Å². The molecular formula is C18H20N2O. The molecule has 108 valence electrons. The van der Waals surface area contributed by atoms with Gasteiger partial charge in [-0.2, -0.15) is 0 Å². The number of H-pyrrole nitrogens is 1. The molecule has 3 heteroatoms. The van der Waals surface area contributed by atoms with Crippen LogP contribution in [-0.4, -0.2) is 22.3 Å². The Balaban J connectivity index is 1.55. The Bertz CT molecular complexity index is 713. The first-order valence-corrected chi connectivity index (χ1v) is 7.84. The number of nitrogens with zero attached hydrogens (tertiary/aromatic N) is 1. The van der Waals surface area contributed by atoms with Crippen molar-refractivity contribution in [2.24, 2.45) is 5.92 Å². The van der Waals surface area contributed by atoms with Gasteiger partial charge in [0.2, 0.25) is 5.91 Å². The zero-order chi connectivity index (χ0) is 14.2. The van der Waals surface area contributed by atoms with Gasteiger partial charge in [-0.1, -0.05) is 30.4 Å². The summed E-state index contributed by atoms with van der Waals surface area (Å²) in [6, 6.07) is 8.39. The minimum absolute atomic E-state index is 0.308. The van der Waals surface area contributed by atoms with Gasteiger partial charge in [0.05, 0.1) is 0 Å². The van der Waals surface area contributed by atoms with Gasteiger partial charge in [-0.25, -0.2) is 0 Å². The maximum Gasteiger partial charge on any atom is 0.223 e. The zero-order valence-corrected chi connectivity index (χ0v) is 12.1. The Morgan fingerprint density at radius 1 is 1.33 bits per heavy atom. The van der Waals surface area contributed by atoms with Gasteiger partial charge >= 0.3 is 0 Å². The number of fused-ring (bicyclic) bond motifs is 3. The molecular weight excluding hydrogens is 260 g/mol. The number of amides is 1. The van der Waals surface area contributed by atoms with Crippen molar-refractivity contribution in [1.29, 1.82) is 0 Å². The number of para-hydroxylation sites is 1. The number of allylic oxidation sites excluding steroid dienone is 2. The van der Waals surface area contributed by atoms with Gasteiger partial charge in [-0.15, -0.1) is 0 Å². The Morgan fingerprint density at radius 3 is 3.10 bits per heavy atom. The van der Waals surface area contributed by atoms with Crippen molar-refractivity contribution < 1.29 is 4.79 Å². The summed E-state index contributed by atoms with van der Waals surface area (Å²) in [5, 5.41) is 1.27. The molecule has 0 saturated heterocycles. The van der Waals surface area contributed by atoms with Crippen LogP contribution in [0.15, 0.2) is 36.4 Å². The second-order valence-corrected chi connectivity index (χ2v) is 6.16. The number of carbonyl (C=O) groups is 1. The Kier molecular flexibility index (Phi) is 3.06. The first kappa shape index (κ1) is 12.7. The average Bonchev–Trinajstić information content (AvgIpc) is 3.13. The van der Waals surface area contributed by atoms with Crippen molar-refractivity contribution in [3.63, 3.8) is 0 Å². The molecule has 1 aromatic heterocycles. The van der Waals surface area contributed by atoms with Crippen molar-refractivity contribution in [2.75, 3.05) is 6.54 Å². The van der Waals surface area contributed by atoms with Crippen LogP contribution in [0.4, 0.5) is 0 Å². The van der Waals surface area contributed by atoms with E-state index in [9.17, 15) is 4.79 Å². The fraction of sp³-hybridized carbons (Fsp3) is 0.389. The van der Waals surface area contributed by atoms with Crippen molar-refractivity contribution in [1.82, 2.24) is 9.88 Å². The molecule has 2 aliphatic rings. The molecule has 1 aromatic carbocycles. The Hall–Kier alpha value is -2.03. The Labute approximate surface area is 124 Å². The SMILES string of the molecule is O=C(C[C@H]1C=CCC1)N1CCc2[nH]c3ccccc3c2C1. The van der Waals surface area contributed by atoms with E-state index in [1.165, 1.54) is 22.2 Å². The molecule has 1 aliphatic heterocycles. The zero-order valence-electron chi connectivity index (χ0n) is 12.1. The van der Waals surface area contributed by atoms with Gasteiger partial charge in [-0.3, -0.25) is 4.79 Å². The number of hydrogen-bond donors (Lipinski definition) is 1. The van der Waals surface area contributed by atoms with Crippen molar-refractivity contribution in [3.8, 4) is 0 Å². The van der Waals surface area contributed by atoms with Crippen LogP contribution >= 0.6 is 0 Å². The van der Waals surface area contributed by atoms with Crippen LogP contribution < -0.4 is 0 Å². The van der Waals surface area contributed by atoms with E-state index < -0.39 is 0 Å². The second-order valence-electron chi connectivity index (χ2n) is 6.16. The average molecular weight is 280 g/mol. The van der Waals surface area contributed by atoms with Crippen LogP contribution in [0.5, 0.6) is 0 Å². The molecule has 0 saturated carbocycles. The molecule has 0 spiro atoms. The van der Waals surface area contributed by atoms with Gasteiger partial charge in [0, 0.05) is 48.1 Å². The molecule has 1 amide bonds. The molecule has 1 atom stereocenters. The predicted molar refractivity (Wildman–Crippen MR) is 83.9 cm³/mol. The van der Waals surface area contributed by atoms with E-state index in [2.05, 4.69) is 41.4 Å². The molecule has 0 fully saturated rings. The first-order valence-electron chi connectivity index (χ1n) is 7.84. The lowest BCUT2D eigenvalue weighted by atomic mass is 10.0. The molecule has 1 N–H and O–H groups in total. The van der Waals surface area contributed by atoms with Gasteiger partial charge in [-0.05, 0) is 24.8 Å². The van der Waals surface area contributed by atoms with Crippen LogP contribution in [-0.2, 0) is 17.8 Å². The van der Waals surface area contributed by atoms with Crippen LogP contribution in [0.3, 0.4) is 0 Å². The number of hydrogen-bond acceptors (Lipinski definition) is 1. The van der Waals surface area contributed by atoms with E-state index in [-0.39, 0.29) is 0 Å². The van der Waals surface area contributed by atoms with Crippen molar-refractivity contribution in [2.45, 2.75) is 32.2 Å². The Morgan fingerprint density at radius 2 is 2.24 bits per heavy atom. The summed E-state index contributed by atoms with van der Waals surface area (Å²) in [5.41, 5.74) is 3.81. The summed E-state index contributed by atoms with van der Waals surface area (Å²) >= 11 is 0. The van der Waals surface area contributed by atoms with E-state index >= 15 is 0 Å². The van der Waals surface area contributed by atoms with Gasteiger partial charge in [0.15, 0.2) is 0 Å². The van der Waals surface area contributed by atoms with Crippen molar-refractivity contribution >= 4 is 16.8 Å². The van der Waals surface area contributed by atoms with Crippen LogP contribution in [0.1, 0.15) is 30.5 Å². The van der Waals surface area contributed by atoms with Crippen LogP contribution in [0.2, 0.25) is 0 Å². The summed E-state index contributed by atoms with van der Waals surface area (Å²) in [5.74, 6) is 0.768. The maximum atomic E-state index is 12.5. The largest absolute Gasteiger partial charge is 0.358 e. The molecule has 0 bridgehead atoms. The number of nitrogens with one attached hydrogen (secondary N) is 1. The van der Waals surface area contributed by atoms with Gasteiger partial charge < -0.3 is 9.88 Å². The van der Waals surface area contributed by atoms with E-state index in [1.807, 2.05) is 4.90 Å². The lowest BCUT2D eigenvalue weighted by Gasteiger charge is -2.28. The quantitative estimate of drug-likeness (QED) is 0.841. The number of aromatic amines is 1. The van der Waals surface area contributed by atoms with Crippen molar-refractivity contribution in [3.05, 3.63) is 47.7 Å². The highest BCUT2D eigenvalue weighted by Crippen LogP contribution is 2.29. The highest BCUT2D eigenvalue weighted by molar-refractivity contribution is 5.86. The standard InChI is InChI=1S/C18H20N2O/c21-18(11-13-5-1-2-6-13)20-10-9-17-15(12-20)14-7-3-4-8-16(14)19-17/h1,3-5,7-8,13,19H,2,6,9-12H2/t13-/m0/s1. The van der Waals surface area contributed by atoms with E-state index in [0.717, 1.165) is 32.4 Å². The number of benzene rings is 1. The molecule has 0 unspecified atom stereocenters. The number of aromatic nitrogens is 1. The molecule has 4 rings (SSSR count). The number of carbonyl (C=O) groups excluding carboxylic acids is 1. The molecule has 2 heterocycles. The monoisotopic (exact) mass is 280 g/mol. The highest BCUT2D eigenvalue weighted by Gasteiger charge is 2.25. The van der Waals surface area contributed by atoms with E-state index in [4.69, 9.17) is 0 Å². The third-order valence-electron chi connectivity index (χ3n) is 4.78. The minimum atomic E-state index is 0.308. The summed E-state index contributed by atoms with van der Waals surface area (Å²) in [4.78, 5) is 18.0. The molecule has 2 aromatic rings. The van der Waals surface area contributed by atoms with Gasteiger partial charge in [0.25, 0.3) is 0 Å². The second kappa shape index (κ2) is 5.06. The first-order chi connectivity index (χ1) is 10.3. The topological polar surface area (TPSA) is 36.1 Å². The molecule has 1 aliphatic carbocycles. The maximum absolute atomic E-state index is 12.5. The third kappa shape index (κ3) is 2.27. The molecule has 3 nitrogen and oxygen atoms in total. The summed E-state index contributed by atoms with van der Waals surface area (Å²) in [7, 11) is 0. The molecule has 21 heavy (non-hydrogen) atoms. The third-order valence-corrected chi connectivity index (χ3v) is 4.78. The minimum Gasteiger partial charge on any atom is -0.358 e. The normalized spacial score (nSPS) is 21.0. The molecule has 0 radical (unpaired) electrons. The lowest BCUT2D eigenvalue weighted by molar-refractivity contribution is -0.132. The highest BCUT2D eigenvalue weighted by atomic mass is 16.2. The van der Waals surface area contributed by atoms with Crippen LogP contribution in [0.25, 0.3) is 10.9 Å². The summed E-state index contributed by atoms with van der Waals surface area (Å²) in [6.45, 7) is 1.60.